The lowest BCUT2D eigenvalue weighted by Gasteiger charge is -2.07. The first-order chi connectivity index (χ1) is 12.3. The second-order valence-corrected chi connectivity index (χ2v) is 5.96. The third-order valence-corrected chi connectivity index (χ3v) is 4.28. The minimum atomic E-state index is 0.0436. The predicted molar refractivity (Wildman–Crippen MR) is 93.6 cm³/mol. The lowest BCUT2D eigenvalue weighted by molar-refractivity contribution is -0.121. The summed E-state index contributed by atoms with van der Waals surface area (Å²) in [5.74, 6) is 1.56. The molecule has 2 aromatic carbocycles. The first-order valence-corrected chi connectivity index (χ1v) is 8.35. The molecule has 0 atom stereocenters. The maximum Gasteiger partial charge on any atom is 0.231 e. The topological polar surface area (TPSA) is 65.4 Å². The second-order valence-electron chi connectivity index (χ2n) is 5.96. The van der Waals surface area contributed by atoms with Crippen molar-refractivity contribution in [2.45, 2.75) is 19.4 Å². The Labute approximate surface area is 145 Å². The van der Waals surface area contributed by atoms with E-state index < -0.39 is 0 Å². The highest BCUT2D eigenvalue weighted by molar-refractivity contribution is 5.76. The summed E-state index contributed by atoms with van der Waals surface area (Å²) in [7, 11) is 0. The molecule has 0 fully saturated rings. The molecule has 0 unspecified atom stereocenters. The van der Waals surface area contributed by atoms with Crippen LogP contribution in [0.1, 0.15) is 12.0 Å². The van der Waals surface area contributed by atoms with Crippen LogP contribution in [0.3, 0.4) is 0 Å². The van der Waals surface area contributed by atoms with Gasteiger partial charge in [0.15, 0.2) is 11.5 Å². The lowest BCUT2D eigenvalue weighted by Crippen LogP contribution is -2.27. The SMILES string of the molecule is O=C(CCc1ccc2c(c1)OCO2)NCCn1cnc2ccccc21. The molecule has 1 amide bonds. The van der Waals surface area contributed by atoms with Crippen molar-refractivity contribution in [2.24, 2.45) is 0 Å². The van der Waals surface area contributed by atoms with Gasteiger partial charge in [-0.2, -0.15) is 0 Å². The van der Waals surface area contributed by atoms with Gasteiger partial charge in [-0.15, -0.1) is 0 Å². The zero-order valence-electron chi connectivity index (χ0n) is 13.8. The molecular weight excluding hydrogens is 318 g/mol. The summed E-state index contributed by atoms with van der Waals surface area (Å²) >= 11 is 0. The van der Waals surface area contributed by atoms with E-state index in [0.29, 0.717) is 25.9 Å². The van der Waals surface area contributed by atoms with Crippen LogP contribution in [0.25, 0.3) is 11.0 Å². The molecule has 6 nitrogen and oxygen atoms in total. The first kappa shape index (κ1) is 15.5. The van der Waals surface area contributed by atoms with Crippen LogP contribution in [0.4, 0.5) is 0 Å². The average molecular weight is 337 g/mol. The minimum absolute atomic E-state index is 0.0436. The molecule has 0 aliphatic carbocycles. The molecule has 2 heterocycles. The van der Waals surface area contributed by atoms with Crippen molar-refractivity contribution in [3.05, 3.63) is 54.4 Å². The quantitative estimate of drug-likeness (QED) is 0.751. The summed E-state index contributed by atoms with van der Waals surface area (Å²) in [5, 5.41) is 2.96. The highest BCUT2D eigenvalue weighted by Crippen LogP contribution is 2.32. The minimum Gasteiger partial charge on any atom is -0.454 e. The Morgan fingerprint density at radius 3 is 3.00 bits per heavy atom. The molecule has 1 N–H and O–H groups in total. The van der Waals surface area contributed by atoms with Crippen LogP contribution in [-0.4, -0.2) is 28.8 Å². The van der Waals surface area contributed by atoms with Crippen LogP contribution in [-0.2, 0) is 17.8 Å². The van der Waals surface area contributed by atoms with Gasteiger partial charge in [-0.3, -0.25) is 4.79 Å². The predicted octanol–water partition coefficient (Wildman–Crippen LogP) is 2.51. The number of aryl methyl sites for hydroxylation is 1. The summed E-state index contributed by atoms with van der Waals surface area (Å²) in [4.78, 5) is 16.4. The smallest absolute Gasteiger partial charge is 0.231 e. The van der Waals surface area contributed by atoms with Gasteiger partial charge in [-0.05, 0) is 36.2 Å². The normalized spacial score (nSPS) is 12.5. The van der Waals surface area contributed by atoms with Crippen molar-refractivity contribution in [2.75, 3.05) is 13.3 Å². The van der Waals surface area contributed by atoms with Crippen LogP contribution < -0.4 is 14.8 Å². The molecule has 0 radical (unpaired) electrons. The third-order valence-electron chi connectivity index (χ3n) is 4.28. The van der Waals surface area contributed by atoms with Gasteiger partial charge in [0.25, 0.3) is 0 Å². The van der Waals surface area contributed by atoms with Gasteiger partial charge in [-0.25, -0.2) is 4.98 Å². The largest absolute Gasteiger partial charge is 0.454 e. The van der Waals surface area contributed by atoms with Crippen molar-refractivity contribution in [1.29, 1.82) is 0 Å². The van der Waals surface area contributed by atoms with Crippen molar-refractivity contribution >= 4 is 16.9 Å². The number of rotatable bonds is 6. The highest BCUT2D eigenvalue weighted by atomic mass is 16.7. The van der Waals surface area contributed by atoms with Crippen LogP contribution >= 0.6 is 0 Å². The van der Waals surface area contributed by atoms with Gasteiger partial charge in [-0.1, -0.05) is 18.2 Å². The molecule has 3 aromatic rings. The fourth-order valence-electron chi connectivity index (χ4n) is 2.95. The van der Waals surface area contributed by atoms with E-state index in [9.17, 15) is 4.79 Å². The monoisotopic (exact) mass is 337 g/mol. The zero-order chi connectivity index (χ0) is 17.1. The number of ether oxygens (including phenoxy) is 2. The van der Waals surface area contributed by atoms with Crippen molar-refractivity contribution < 1.29 is 14.3 Å². The molecule has 0 saturated carbocycles. The number of aromatic nitrogens is 2. The summed E-state index contributed by atoms with van der Waals surface area (Å²) in [6.45, 7) is 1.55. The second kappa shape index (κ2) is 6.84. The number of imidazole rings is 1. The van der Waals surface area contributed by atoms with E-state index in [-0.39, 0.29) is 12.7 Å². The van der Waals surface area contributed by atoms with Crippen molar-refractivity contribution in [3.8, 4) is 11.5 Å². The molecule has 128 valence electrons. The molecule has 4 rings (SSSR count). The number of hydrogen-bond donors (Lipinski definition) is 1. The maximum absolute atomic E-state index is 12.1. The number of para-hydroxylation sites is 2. The van der Waals surface area contributed by atoms with Gasteiger partial charge in [0.1, 0.15) is 0 Å². The van der Waals surface area contributed by atoms with E-state index in [0.717, 1.165) is 28.1 Å². The molecule has 0 spiro atoms. The van der Waals surface area contributed by atoms with Crippen LogP contribution in [0.15, 0.2) is 48.8 Å². The third kappa shape index (κ3) is 3.42. The Balaban J connectivity index is 1.25. The van der Waals surface area contributed by atoms with E-state index in [1.165, 1.54) is 0 Å². The molecule has 25 heavy (non-hydrogen) atoms. The summed E-state index contributed by atoms with van der Waals surface area (Å²) < 4.78 is 12.7. The number of carbonyl (C=O) groups is 1. The van der Waals surface area contributed by atoms with Gasteiger partial charge in [0, 0.05) is 19.5 Å². The van der Waals surface area contributed by atoms with Crippen LogP contribution in [0, 0.1) is 0 Å². The Morgan fingerprint density at radius 2 is 2.04 bits per heavy atom. The molecule has 1 aromatic heterocycles. The van der Waals surface area contributed by atoms with E-state index in [2.05, 4.69) is 10.3 Å². The van der Waals surface area contributed by atoms with Gasteiger partial charge >= 0.3 is 0 Å². The first-order valence-electron chi connectivity index (χ1n) is 8.35. The van der Waals surface area contributed by atoms with Gasteiger partial charge in [0.05, 0.1) is 17.4 Å². The number of fused-ring (bicyclic) bond motifs is 2. The number of amides is 1. The molecule has 0 bridgehead atoms. The average Bonchev–Trinajstić information content (AvgIpc) is 3.26. The van der Waals surface area contributed by atoms with Crippen LogP contribution in [0.2, 0.25) is 0 Å². The van der Waals surface area contributed by atoms with Crippen LogP contribution in [0.5, 0.6) is 11.5 Å². The molecular formula is C19H19N3O3. The molecule has 1 aliphatic heterocycles. The van der Waals surface area contributed by atoms with E-state index >= 15 is 0 Å². The summed E-state index contributed by atoms with van der Waals surface area (Å²) in [6.07, 6.45) is 2.93. The summed E-state index contributed by atoms with van der Waals surface area (Å²) in [5.41, 5.74) is 3.12. The van der Waals surface area contributed by atoms with E-state index in [1.807, 2.05) is 53.4 Å². The number of nitrogens with zero attached hydrogens (tertiary/aromatic N) is 2. The Bertz CT molecular complexity index is 904. The van der Waals surface area contributed by atoms with Crippen molar-refractivity contribution in [3.63, 3.8) is 0 Å². The highest BCUT2D eigenvalue weighted by Gasteiger charge is 2.13. The fraction of sp³-hybridized carbons (Fsp3) is 0.263. The van der Waals surface area contributed by atoms with E-state index in [4.69, 9.17) is 9.47 Å². The molecule has 0 saturated heterocycles. The number of nitrogens with one attached hydrogen (secondary N) is 1. The standard InChI is InChI=1S/C19H19N3O3/c23-19(8-6-14-5-7-17-18(11-14)25-13-24-17)20-9-10-22-12-21-15-3-1-2-4-16(15)22/h1-5,7,11-12H,6,8-10,13H2,(H,20,23). The Hall–Kier alpha value is -3.02. The Morgan fingerprint density at radius 1 is 1.16 bits per heavy atom. The molecule has 1 aliphatic rings. The fourth-order valence-corrected chi connectivity index (χ4v) is 2.95. The number of carbonyl (C=O) groups excluding carboxylic acids is 1. The van der Waals surface area contributed by atoms with E-state index in [1.54, 1.807) is 0 Å². The van der Waals surface area contributed by atoms with Gasteiger partial charge in [0.2, 0.25) is 12.7 Å². The summed E-state index contributed by atoms with van der Waals surface area (Å²) in [6, 6.07) is 13.8. The maximum atomic E-state index is 12.1. The lowest BCUT2D eigenvalue weighted by atomic mass is 10.1. The zero-order valence-corrected chi connectivity index (χ0v) is 13.8. The van der Waals surface area contributed by atoms with Crippen molar-refractivity contribution in [1.82, 2.24) is 14.9 Å². The number of hydrogen-bond acceptors (Lipinski definition) is 4. The molecule has 6 heteroatoms. The number of benzene rings is 2. The van der Waals surface area contributed by atoms with Gasteiger partial charge < -0.3 is 19.4 Å². The Kier molecular flexibility index (Phi) is 4.24.